The predicted molar refractivity (Wildman–Crippen MR) is 106 cm³/mol. The summed E-state index contributed by atoms with van der Waals surface area (Å²) in [6.45, 7) is 2.90. The van der Waals surface area contributed by atoms with Crippen molar-refractivity contribution in [1.29, 1.82) is 0 Å². The molecule has 26 heavy (non-hydrogen) atoms. The van der Waals surface area contributed by atoms with Gasteiger partial charge in [0.25, 0.3) is 0 Å². The van der Waals surface area contributed by atoms with Gasteiger partial charge in [-0.15, -0.1) is 21.5 Å². The zero-order valence-electron chi connectivity index (χ0n) is 13.9. The smallest absolute Gasteiger partial charge is 0.205 e. The van der Waals surface area contributed by atoms with Crippen LogP contribution in [-0.4, -0.2) is 19.7 Å². The Labute approximate surface area is 164 Å². The standard InChI is InChI=1S/C18H15ClN4OS2/c1-2-23-17(15-7-4-8-25-15)21-22-18(23)26-11-16-20-10-14(24-16)12-5-3-6-13(19)9-12/h3-10H,2,11H2,1H3. The minimum Gasteiger partial charge on any atom is -0.440 e. The van der Waals surface area contributed by atoms with E-state index >= 15 is 0 Å². The summed E-state index contributed by atoms with van der Waals surface area (Å²) in [7, 11) is 0. The van der Waals surface area contributed by atoms with Gasteiger partial charge >= 0.3 is 0 Å². The molecule has 0 unspecified atom stereocenters. The van der Waals surface area contributed by atoms with Gasteiger partial charge < -0.3 is 8.98 Å². The van der Waals surface area contributed by atoms with E-state index in [-0.39, 0.29) is 0 Å². The molecule has 0 bridgehead atoms. The summed E-state index contributed by atoms with van der Waals surface area (Å²) in [4.78, 5) is 5.48. The Morgan fingerprint density at radius 3 is 2.92 bits per heavy atom. The van der Waals surface area contributed by atoms with Crippen LogP contribution in [0.2, 0.25) is 5.02 Å². The van der Waals surface area contributed by atoms with E-state index in [1.54, 1.807) is 29.3 Å². The third-order valence-corrected chi connectivity index (χ3v) is 5.81. The maximum atomic E-state index is 6.04. The molecule has 4 rings (SSSR count). The summed E-state index contributed by atoms with van der Waals surface area (Å²) in [6, 6.07) is 11.6. The van der Waals surface area contributed by atoms with E-state index in [9.17, 15) is 0 Å². The molecule has 132 valence electrons. The van der Waals surface area contributed by atoms with Gasteiger partial charge in [-0.2, -0.15) is 0 Å². The van der Waals surface area contributed by atoms with Crippen molar-refractivity contribution in [1.82, 2.24) is 19.7 Å². The second-order valence-electron chi connectivity index (χ2n) is 5.45. The first kappa shape index (κ1) is 17.3. The second-order valence-corrected chi connectivity index (χ2v) is 7.77. The molecular weight excluding hydrogens is 388 g/mol. The summed E-state index contributed by atoms with van der Waals surface area (Å²) in [5.41, 5.74) is 0.915. The van der Waals surface area contributed by atoms with E-state index in [0.717, 1.165) is 28.0 Å². The first-order chi connectivity index (χ1) is 12.7. The molecule has 0 radical (unpaired) electrons. The predicted octanol–water partition coefficient (Wildman–Crippen LogP) is 5.63. The zero-order chi connectivity index (χ0) is 17.9. The van der Waals surface area contributed by atoms with Gasteiger partial charge in [0.05, 0.1) is 16.8 Å². The van der Waals surface area contributed by atoms with Crippen molar-refractivity contribution in [3.63, 3.8) is 0 Å². The lowest BCUT2D eigenvalue weighted by Crippen LogP contribution is -1.99. The van der Waals surface area contributed by atoms with Crippen LogP contribution in [0.1, 0.15) is 12.8 Å². The Morgan fingerprint density at radius 2 is 2.15 bits per heavy atom. The number of thiophene rings is 1. The Hall–Kier alpha value is -2.09. The average Bonchev–Trinajstić information content (AvgIpc) is 3.39. The lowest BCUT2D eigenvalue weighted by Gasteiger charge is -2.05. The van der Waals surface area contributed by atoms with Crippen molar-refractivity contribution in [2.24, 2.45) is 0 Å². The topological polar surface area (TPSA) is 56.7 Å². The van der Waals surface area contributed by atoms with Crippen molar-refractivity contribution in [2.75, 3.05) is 0 Å². The molecule has 4 aromatic rings. The third-order valence-electron chi connectivity index (χ3n) is 3.76. The van der Waals surface area contributed by atoms with Crippen molar-refractivity contribution >= 4 is 34.7 Å². The van der Waals surface area contributed by atoms with Gasteiger partial charge in [0, 0.05) is 17.1 Å². The third kappa shape index (κ3) is 3.56. The Morgan fingerprint density at radius 1 is 1.23 bits per heavy atom. The average molecular weight is 403 g/mol. The van der Waals surface area contributed by atoms with Crippen molar-refractivity contribution in [3.8, 4) is 22.0 Å². The maximum Gasteiger partial charge on any atom is 0.205 e. The Balaban J connectivity index is 1.50. The molecule has 3 heterocycles. The van der Waals surface area contributed by atoms with E-state index in [4.69, 9.17) is 16.0 Å². The van der Waals surface area contributed by atoms with Crippen LogP contribution in [0.3, 0.4) is 0 Å². The maximum absolute atomic E-state index is 6.04. The highest BCUT2D eigenvalue weighted by atomic mass is 35.5. The van der Waals surface area contributed by atoms with Crippen LogP contribution in [0.15, 0.2) is 57.5 Å². The Kier molecular flexibility index (Phi) is 5.10. The van der Waals surface area contributed by atoms with Crippen LogP contribution >= 0.6 is 34.7 Å². The number of nitrogens with zero attached hydrogens (tertiary/aromatic N) is 4. The summed E-state index contributed by atoms with van der Waals surface area (Å²) in [6.07, 6.45) is 1.73. The molecule has 0 spiro atoms. The number of halogens is 1. The molecule has 0 aliphatic heterocycles. The van der Waals surface area contributed by atoms with E-state index in [0.29, 0.717) is 22.4 Å². The number of hydrogen-bond donors (Lipinski definition) is 0. The highest BCUT2D eigenvalue weighted by Crippen LogP contribution is 2.30. The van der Waals surface area contributed by atoms with E-state index in [1.807, 2.05) is 35.7 Å². The minimum absolute atomic E-state index is 0.586. The fraction of sp³-hybridized carbons (Fsp3) is 0.167. The summed E-state index contributed by atoms with van der Waals surface area (Å²) in [5, 5.41) is 12.2. The first-order valence-electron chi connectivity index (χ1n) is 8.05. The van der Waals surface area contributed by atoms with Gasteiger partial charge in [0.1, 0.15) is 0 Å². The number of benzene rings is 1. The number of thioether (sulfide) groups is 1. The van der Waals surface area contributed by atoms with Gasteiger partial charge in [-0.25, -0.2) is 4.98 Å². The van der Waals surface area contributed by atoms with Crippen molar-refractivity contribution in [3.05, 3.63) is 58.9 Å². The highest BCUT2D eigenvalue weighted by molar-refractivity contribution is 7.98. The molecule has 0 saturated carbocycles. The van der Waals surface area contributed by atoms with E-state index < -0.39 is 0 Å². The van der Waals surface area contributed by atoms with Gasteiger partial charge in [0.2, 0.25) is 5.89 Å². The number of aromatic nitrogens is 4. The van der Waals surface area contributed by atoms with Crippen molar-refractivity contribution in [2.45, 2.75) is 24.4 Å². The normalized spacial score (nSPS) is 11.2. The summed E-state index contributed by atoms with van der Waals surface area (Å²) < 4.78 is 7.96. The van der Waals surface area contributed by atoms with E-state index in [2.05, 4.69) is 32.7 Å². The lowest BCUT2D eigenvalue weighted by atomic mass is 10.2. The van der Waals surface area contributed by atoms with E-state index in [1.165, 1.54) is 0 Å². The molecule has 0 aliphatic rings. The fourth-order valence-corrected chi connectivity index (χ4v) is 4.31. The quantitative estimate of drug-likeness (QED) is 0.391. The van der Waals surface area contributed by atoms with Crippen LogP contribution in [0.4, 0.5) is 0 Å². The molecular formula is C18H15ClN4OS2. The van der Waals surface area contributed by atoms with Gasteiger partial charge in [0.15, 0.2) is 16.7 Å². The zero-order valence-corrected chi connectivity index (χ0v) is 16.3. The molecule has 0 aliphatic carbocycles. The molecule has 3 aromatic heterocycles. The fourth-order valence-electron chi connectivity index (χ4n) is 2.55. The summed E-state index contributed by atoms with van der Waals surface area (Å²) in [5.74, 6) is 2.84. The van der Waals surface area contributed by atoms with Crippen LogP contribution in [-0.2, 0) is 12.3 Å². The molecule has 0 atom stereocenters. The van der Waals surface area contributed by atoms with Gasteiger partial charge in [-0.1, -0.05) is 41.6 Å². The molecule has 0 amide bonds. The van der Waals surface area contributed by atoms with Crippen molar-refractivity contribution < 1.29 is 4.42 Å². The molecule has 0 fully saturated rings. The molecule has 0 saturated heterocycles. The van der Waals surface area contributed by atoms with Crippen LogP contribution < -0.4 is 0 Å². The SMILES string of the molecule is CCn1c(SCc2ncc(-c3cccc(Cl)c3)o2)nnc1-c1cccs1. The van der Waals surface area contributed by atoms with Crippen LogP contribution in [0.5, 0.6) is 0 Å². The largest absolute Gasteiger partial charge is 0.440 e. The minimum atomic E-state index is 0.586. The molecule has 1 aromatic carbocycles. The first-order valence-corrected chi connectivity index (χ1v) is 10.3. The summed E-state index contributed by atoms with van der Waals surface area (Å²) >= 11 is 9.26. The second kappa shape index (κ2) is 7.65. The lowest BCUT2D eigenvalue weighted by molar-refractivity contribution is 0.529. The monoisotopic (exact) mass is 402 g/mol. The molecule has 5 nitrogen and oxygen atoms in total. The number of oxazole rings is 1. The van der Waals surface area contributed by atoms with Gasteiger partial charge in [-0.3, -0.25) is 0 Å². The number of rotatable bonds is 6. The molecule has 0 N–H and O–H groups in total. The highest BCUT2D eigenvalue weighted by Gasteiger charge is 2.15. The van der Waals surface area contributed by atoms with Crippen LogP contribution in [0.25, 0.3) is 22.0 Å². The number of hydrogen-bond acceptors (Lipinski definition) is 6. The molecule has 8 heteroatoms. The van der Waals surface area contributed by atoms with Crippen LogP contribution in [0, 0.1) is 0 Å². The van der Waals surface area contributed by atoms with Gasteiger partial charge in [-0.05, 0) is 30.5 Å². The Bertz CT molecular complexity index is 1010.